The van der Waals surface area contributed by atoms with Crippen LogP contribution in [0.1, 0.15) is 23.1 Å². The summed E-state index contributed by atoms with van der Waals surface area (Å²) in [5, 5.41) is 3.36. The molecular formula is C20H22F2N2. The zero-order valence-corrected chi connectivity index (χ0v) is 13.6. The van der Waals surface area contributed by atoms with Crippen LogP contribution in [0.2, 0.25) is 0 Å². The second kappa shape index (κ2) is 5.64. The lowest BCUT2D eigenvalue weighted by Crippen LogP contribution is -2.45. The van der Waals surface area contributed by atoms with E-state index in [1.807, 2.05) is 24.3 Å². The van der Waals surface area contributed by atoms with Gasteiger partial charge in [-0.3, -0.25) is 4.90 Å². The highest BCUT2D eigenvalue weighted by Crippen LogP contribution is 2.68. The number of alkyl halides is 2. The van der Waals surface area contributed by atoms with Gasteiger partial charge in [0.25, 0.3) is 5.92 Å². The highest BCUT2D eigenvalue weighted by Gasteiger charge is 2.71. The van der Waals surface area contributed by atoms with Gasteiger partial charge in [0.05, 0.1) is 17.9 Å². The van der Waals surface area contributed by atoms with Crippen LogP contribution in [0.5, 0.6) is 0 Å². The first-order valence-corrected chi connectivity index (χ1v) is 8.51. The van der Waals surface area contributed by atoms with Gasteiger partial charge in [-0.25, -0.2) is 8.78 Å². The highest BCUT2D eigenvalue weighted by molar-refractivity contribution is 5.56. The van der Waals surface area contributed by atoms with Crippen molar-refractivity contribution in [1.29, 1.82) is 0 Å². The lowest BCUT2D eigenvalue weighted by atomic mass is 9.90. The Morgan fingerprint density at radius 3 is 2.25 bits per heavy atom. The van der Waals surface area contributed by atoms with E-state index in [4.69, 9.17) is 0 Å². The van der Waals surface area contributed by atoms with E-state index in [0.29, 0.717) is 5.57 Å². The zero-order chi connectivity index (χ0) is 16.9. The van der Waals surface area contributed by atoms with Gasteiger partial charge >= 0.3 is 0 Å². The molecule has 126 valence electrons. The molecule has 1 N–H and O–H groups in total. The maximum Gasteiger partial charge on any atom is 0.263 e. The average molecular weight is 328 g/mol. The Morgan fingerprint density at radius 1 is 1.00 bits per heavy atom. The molecule has 4 heteroatoms. The fraction of sp³-hybridized carbons (Fsp3) is 0.400. The minimum Gasteiger partial charge on any atom is -0.314 e. The first kappa shape index (κ1) is 15.7. The summed E-state index contributed by atoms with van der Waals surface area (Å²) in [6.07, 6.45) is 3.38. The first-order valence-electron chi connectivity index (χ1n) is 8.51. The summed E-state index contributed by atoms with van der Waals surface area (Å²) in [6.45, 7) is 11.4. The molecule has 3 aliphatic rings. The molecule has 4 rings (SSSR count). The van der Waals surface area contributed by atoms with Gasteiger partial charge in [-0.15, -0.1) is 0 Å². The third-order valence-corrected chi connectivity index (χ3v) is 5.60. The average Bonchev–Trinajstić information content (AvgIpc) is 3.21. The van der Waals surface area contributed by atoms with Gasteiger partial charge in [0, 0.05) is 26.2 Å². The first-order chi connectivity index (χ1) is 11.6. The van der Waals surface area contributed by atoms with Crippen molar-refractivity contribution in [2.45, 2.75) is 17.9 Å². The molecule has 0 aromatic heterocycles. The van der Waals surface area contributed by atoms with Gasteiger partial charge in [0.2, 0.25) is 0 Å². The van der Waals surface area contributed by atoms with Crippen LogP contribution in [0.25, 0.3) is 0 Å². The van der Waals surface area contributed by atoms with Gasteiger partial charge in [-0.1, -0.05) is 49.6 Å². The maximum absolute atomic E-state index is 14.5. The number of hydrogen-bond donors (Lipinski definition) is 1. The van der Waals surface area contributed by atoms with Crippen molar-refractivity contribution in [3.05, 3.63) is 71.8 Å². The summed E-state index contributed by atoms with van der Waals surface area (Å²) < 4.78 is 29.1. The summed E-state index contributed by atoms with van der Waals surface area (Å²) in [5.41, 5.74) is 3.34. The molecule has 0 bridgehead atoms. The van der Waals surface area contributed by atoms with E-state index in [9.17, 15) is 8.78 Å². The molecule has 0 amide bonds. The van der Waals surface area contributed by atoms with Crippen molar-refractivity contribution in [1.82, 2.24) is 10.2 Å². The van der Waals surface area contributed by atoms with Crippen LogP contribution in [-0.2, 0) is 0 Å². The standard InChI is InChI=1S/C20H22F2N2/c1-3-13-14(4-2)19(24-11-9-23-10-12-24)16-8-6-5-7-15(16)18-17(13)20(18,21)22/h3-8,17-19,23H,1-2,9-12H2. The largest absolute Gasteiger partial charge is 0.314 e. The van der Waals surface area contributed by atoms with Gasteiger partial charge in [-0.05, 0) is 22.3 Å². The van der Waals surface area contributed by atoms with E-state index in [0.717, 1.165) is 42.9 Å². The number of rotatable bonds is 3. The van der Waals surface area contributed by atoms with E-state index < -0.39 is 17.8 Å². The molecule has 3 atom stereocenters. The number of nitrogens with zero attached hydrogens (tertiary/aromatic N) is 1. The van der Waals surface area contributed by atoms with Crippen LogP contribution in [-0.4, -0.2) is 37.0 Å². The van der Waals surface area contributed by atoms with Crippen molar-refractivity contribution in [2.24, 2.45) is 5.92 Å². The van der Waals surface area contributed by atoms with Gasteiger partial charge in [-0.2, -0.15) is 0 Å². The van der Waals surface area contributed by atoms with Gasteiger partial charge in [0.15, 0.2) is 0 Å². The van der Waals surface area contributed by atoms with Crippen molar-refractivity contribution >= 4 is 0 Å². The Labute approximate surface area is 141 Å². The molecule has 24 heavy (non-hydrogen) atoms. The Kier molecular flexibility index (Phi) is 3.70. The minimum atomic E-state index is -2.69. The van der Waals surface area contributed by atoms with E-state index >= 15 is 0 Å². The molecule has 2 nitrogen and oxygen atoms in total. The summed E-state index contributed by atoms with van der Waals surface area (Å²) in [4.78, 5) is 2.37. The van der Waals surface area contributed by atoms with E-state index in [1.54, 1.807) is 12.2 Å². The topological polar surface area (TPSA) is 15.3 Å². The Hall–Kier alpha value is -1.78. The maximum atomic E-state index is 14.5. The van der Waals surface area contributed by atoms with Crippen LogP contribution in [0, 0.1) is 5.92 Å². The second-order valence-corrected chi connectivity index (χ2v) is 6.77. The van der Waals surface area contributed by atoms with E-state index in [-0.39, 0.29) is 6.04 Å². The smallest absolute Gasteiger partial charge is 0.263 e. The third kappa shape index (κ3) is 2.13. The molecule has 1 saturated carbocycles. The summed E-state index contributed by atoms with van der Waals surface area (Å²) in [5.74, 6) is -4.19. The lowest BCUT2D eigenvalue weighted by molar-refractivity contribution is 0.0978. The Morgan fingerprint density at radius 2 is 1.62 bits per heavy atom. The Bertz CT molecular complexity index is 716. The molecule has 1 heterocycles. The predicted octanol–water partition coefficient (Wildman–Crippen LogP) is 3.66. The number of hydrogen-bond acceptors (Lipinski definition) is 2. The van der Waals surface area contributed by atoms with Crippen LogP contribution < -0.4 is 5.32 Å². The predicted molar refractivity (Wildman–Crippen MR) is 92.2 cm³/mol. The van der Waals surface area contributed by atoms with Crippen LogP contribution in [0.3, 0.4) is 0 Å². The lowest BCUT2D eigenvalue weighted by Gasteiger charge is -2.37. The normalized spacial score (nSPS) is 31.7. The number of halogens is 2. The number of benzene rings is 1. The summed E-state index contributed by atoms with van der Waals surface area (Å²) >= 11 is 0. The van der Waals surface area contributed by atoms with Crippen molar-refractivity contribution in [2.75, 3.05) is 26.2 Å². The van der Waals surface area contributed by atoms with Crippen LogP contribution >= 0.6 is 0 Å². The fourth-order valence-corrected chi connectivity index (χ4v) is 4.46. The van der Waals surface area contributed by atoms with Crippen LogP contribution in [0.4, 0.5) is 8.78 Å². The molecule has 0 radical (unpaired) electrons. The molecule has 2 aliphatic carbocycles. The van der Waals surface area contributed by atoms with Gasteiger partial charge < -0.3 is 5.32 Å². The summed E-state index contributed by atoms with van der Waals surface area (Å²) in [7, 11) is 0. The molecular weight excluding hydrogens is 306 g/mol. The minimum absolute atomic E-state index is 0.0163. The zero-order valence-electron chi connectivity index (χ0n) is 13.6. The van der Waals surface area contributed by atoms with Crippen molar-refractivity contribution in [3.8, 4) is 0 Å². The van der Waals surface area contributed by atoms with Crippen molar-refractivity contribution in [3.63, 3.8) is 0 Å². The molecule has 1 aromatic carbocycles. The van der Waals surface area contributed by atoms with E-state index in [1.165, 1.54) is 0 Å². The van der Waals surface area contributed by atoms with Gasteiger partial charge in [0.1, 0.15) is 0 Å². The monoisotopic (exact) mass is 328 g/mol. The molecule has 0 spiro atoms. The molecule has 1 saturated heterocycles. The molecule has 1 aromatic rings. The summed E-state index contributed by atoms with van der Waals surface area (Å²) in [6, 6.07) is 7.67. The third-order valence-electron chi connectivity index (χ3n) is 5.60. The second-order valence-electron chi connectivity index (χ2n) is 6.77. The molecule has 3 unspecified atom stereocenters. The van der Waals surface area contributed by atoms with Crippen molar-refractivity contribution < 1.29 is 8.78 Å². The number of allylic oxidation sites excluding steroid dienone is 2. The quantitative estimate of drug-likeness (QED) is 0.911. The fourth-order valence-electron chi connectivity index (χ4n) is 4.46. The molecule has 1 aliphatic heterocycles. The van der Waals surface area contributed by atoms with Crippen LogP contribution in [0.15, 0.2) is 60.7 Å². The SMILES string of the molecule is C=CC1=C(C=C)C2C(c3ccccc3C1N1CCNCC1)C2(F)F. The number of piperazine rings is 1. The van der Waals surface area contributed by atoms with E-state index in [2.05, 4.69) is 23.4 Å². The highest BCUT2D eigenvalue weighted by atomic mass is 19.3. The number of fused-ring (bicyclic) bond motifs is 3. The number of nitrogens with one attached hydrogen (secondary N) is 1. The Balaban J connectivity index is 1.92. The molecule has 2 fully saturated rings.